The van der Waals surface area contributed by atoms with Gasteiger partial charge in [0.1, 0.15) is 17.5 Å². The number of aromatic nitrogens is 2. The number of nitrogens with zero attached hydrogens (tertiary/aromatic N) is 4. The van der Waals surface area contributed by atoms with Crippen molar-refractivity contribution >= 4 is 27.3 Å². The second-order valence-corrected chi connectivity index (χ2v) is 10.00. The highest BCUT2D eigenvalue weighted by Gasteiger charge is 2.30. The fourth-order valence-electron chi connectivity index (χ4n) is 3.85. The van der Waals surface area contributed by atoms with Crippen LogP contribution in [0.15, 0.2) is 53.4 Å². The molecule has 1 fully saturated rings. The van der Waals surface area contributed by atoms with Crippen LogP contribution >= 0.6 is 0 Å². The lowest BCUT2D eigenvalue weighted by atomic mass is 10.2. The van der Waals surface area contributed by atoms with Crippen molar-refractivity contribution in [1.82, 2.24) is 14.3 Å². The first-order valence-electron chi connectivity index (χ1n) is 11.0. The molecule has 0 amide bonds. The molecule has 3 aromatic rings. The fraction of sp³-hybridized carbons (Fsp3) is 0.333. The summed E-state index contributed by atoms with van der Waals surface area (Å²) in [5.41, 5.74) is 2.13. The van der Waals surface area contributed by atoms with Crippen molar-refractivity contribution in [3.8, 4) is 11.5 Å². The molecule has 1 saturated heterocycles. The van der Waals surface area contributed by atoms with Crippen LogP contribution in [0.1, 0.15) is 11.4 Å². The molecule has 180 valence electrons. The maximum absolute atomic E-state index is 13.2. The Morgan fingerprint density at radius 2 is 1.53 bits per heavy atom. The third-order valence-electron chi connectivity index (χ3n) is 5.70. The van der Waals surface area contributed by atoms with Crippen LogP contribution in [0.5, 0.6) is 11.5 Å². The Morgan fingerprint density at radius 1 is 0.853 bits per heavy atom. The summed E-state index contributed by atoms with van der Waals surface area (Å²) < 4.78 is 38.4. The highest BCUT2D eigenvalue weighted by atomic mass is 32.2. The third-order valence-corrected chi connectivity index (χ3v) is 7.60. The maximum Gasteiger partial charge on any atom is 0.243 e. The average Bonchev–Trinajstić information content (AvgIpc) is 2.84. The average molecular weight is 484 g/mol. The molecular formula is C24H29N5O4S. The summed E-state index contributed by atoms with van der Waals surface area (Å²) in [6, 6.07) is 14.6. The summed E-state index contributed by atoms with van der Waals surface area (Å²) >= 11 is 0. The van der Waals surface area contributed by atoms with Gasteiger partial charge in [-0.05, 0) is 38.1 Å². The van der Waals surface area contributed by atoms with E-state index < -0.39 is 10.0 Å². The Balaban J connectivity index is 1.47. The van der Waals surface area contributed by atoms with E-state index >= 15 is 0 Å². The molecule has 0 saturated carbocycles. The maximum atomic E-state index is 13.2. The number of sulfonamides is 1. The monoisotopic (exact) mass is 483 g/mol. The number of anilines is 3. The van der Waals surface area contributed by atoms with E-state index in [1.807, 2.05) is 44.2 Å². The predicted octanol–water partition coefficient (Wildman–Crippen LogP) is 3.37. The second kappa shape index (κ2) is 9.86. The van der Waals surface area contributed by atoms with Crippen molar-refractivity contribution in [2.24, 2.45) is 0 Å². The van der Waals surface area contributed by atoms with Crippen LogP contribution < -0.4 is 19.7 Å². The van der Waals surface area contributed by atoms with Crippen LogP contribution in [0.2, 0.25) is 0 Å². The molecule has 2 heterocycles. The van der Waals surface area contributed by atoms with E-state index in [1.165, 1.54) is 30.2 Å². The van der Waals surface area contributed by atoms with Crippen molar-refractivity contribution in [3.05, 3.63) is 59.9 Å². The number of rotatable bonds is 7. The van der Waals surface area contributed by atoms with Gasteiger partial charge in [-0.25, -0.2) is 18.4 Å². The number of methoxy groups -OCH3 is 2. The molecular weight excluding hydrogens is 454 g/mol. The van der Waals surface area contributed by atoms with Gasteiger partial charge in [-0.3, -0.25) is 0 Å². The first-order valence-corrected chi connectivity index (χ1v) is 12.4. The molecule has 0 unspecified atom stereocenters. The molecule has 4 rings (SSSR count). The van der Waals surface area contributed by atoms with Gasteiger partial charge in [0.05, 0.1) is 19.1 Å². The fourth-order valence-corrected chi connectivity index (χ4v) is 5.28. The molecule has 0 aliphatic carbocycles. The lowest BCUT2D eigenvalue weighted by Crippen LogP contribution is -2.49. The molecule has 0 atom stereocenters. The predicted molar refractivity (Wildman–Crippen MR) is 132 cm³/mol. The molecule has 10 heteroatoms. The Kier molecular flexibility index (Phi) is 6.90. The van der Waals surface area contributed by atoms with Gasteiger partial charge in [0.25, 0.3) is 0 Å². The Bertz CT molecular complexity index is 1260. The summed E-state index contributed by atoms with van der Waals surface area (Å²) in [6.45, 7) is 5.63. The number of hydrogen-bond donors (Lipinski definition) is 1. The van der Waals surface area contributed by atoms with Gasteiger partial charge in [-0.2, -0.15) is 4.31 Å². The van der Waals surface area contributed by atoms with Gasteiger partial charge in [-0.1, -0.05) is 17.7 Å². The molecule has 0 bridgehead atoms. The molecule has 0 spiro atoms. The summed E-state index contributed by atoms with van der Waals surface area (Å²) in [4.78, 5) is 11.3. The summed E-state index contributed by atoms with van der Waals surface area (Å²) in [7, 11) is -0.659. The summed E-state index contributed by atoms with van der Waals surface area (Å²) in [5, 5.41) is 3.32. The molecule has 1 aliphatic rings. The lowest BCUT2D eigenvalue weighted by molar-refractivity contribution is 0.353. The zero-order valence-corrected chi connectivity index (χ0v) is 20.6. The number of benzene rings is 2. The topological polar surface area (TPSA) is 96.9 Å². The van der Waals surface area contributed by atoms with E-state index in [4.69, 9.17) is 9.47 Å². The summed E-state index contributed by atoms with van der Waals surface area (Å²) in [6.07, 6.45) is 0. The van der Waals surface area contributed by atoms with Crippen LogP contribution in [-0.2, 0) is 10.0 Å². The van der Waals surface area contributed by atoms with E-state index in [-0.39, 0.29) is 4.90 Å². The van der Waals surface area contributed by atoms with E-state index in [1.54, 1.807) is 12.1 Å². The van der Waals surface area contributed by atoms with Crippen molar-refractivity contribution in [2.75, 3.05) is 50.6 Å². The van der Waals surface area contributed by atoms with Gasteiger partial charge in [-0.15, -0.1) is 0 Å². The minimum Gasteiger partial charge on any atom is -0.493 e. The second-order valence-electron chi connectivity index (χ2n) is 8.06. The molecule has 1 N–H and O–H groups in total. The Morgan fingerprint density at radius 3 is 2.18 bits per heavy atom. The molecule has 1 aromatic heterocycles. The molecule has 34 heavy (non-hydrogen) atoms. The minimum absolute atomic E-state index is 0.182. The molecule has 0 radical (unpaired) electrons. The minimum atomic E-state index is -3.66. The Hall–Kier alpha value is -3.37. The highest BCUT2D eigenvalue weighted by molar-refractivity contribution is 7.89. The van der Waals surface area contributed by atoms with E-state index in [0.717, 1.165) is 11.5 Å². The SMILES string of the molecule is COc1ccc(S(=O)(=O)N2CCN(c3cc(Nc4ccc(C)cc4)nc(C)n3)CC2)cc1OC. The van der Waals surface area contributed by atoms with Gasteiger partial charge in [0.15, 0.2) is 11.5 Å². The first-order chi connectivity index (χ1) is 16.3. The molecule has 9 nitrogen and oxygen atoms in total. The smallest absolute Gasteiger partial charge is 0.243 e. The van der Waals surface area contributed by atoms with Crippen LogP contribution in [0, 0.1) is 13.8 Å². The van der Waals surface area contributed by atoms with Gasteiger partial charge >= 0.3 is 0 Å². The number of piperazine rings is 1. The number of nitrogens with one attached hydrogen (secondary N) is 1. The number of ether oxygens (including phenoxy) is 2. The van der Waals surface area contributed by atoms with Crippen LogP contribution in [-0.4, -0.2) is 63.1 Å². The normalized spacial score (nSPS) is 14.6. The standard InChI is InChI=1S/C24H29N5O4S/c1-17-5-7-19(8-6-17)27-23-16-24(26-18(2)25-23)28-11-13-29(14-12-28)34(30,31)20-9-10-21(32-3)22(15-20)33-4/h5-10,15-16H,11-14H2,1-4H3,(H,25,26,27). The molecule has 2 aromatic carbocycles. The third kappa shape index (κ3) is 5.07. The van der Waals surface area contributed by atoms with Crippen molar-refractivity contribution in [3.63, 3.8) is 0 Å². The largest absolute Gasteiger partial charge is 0.493 e. The van der Waals surface area contributed by atoms with E-state index in [0.29, 0.717) is 49.3 Å². The first kappa shape index (κ1) is 23.8. The quantitative estimate of drug-likeness (QED) is 0.546. The Labute approximate surface area is 200 Å². The van der Waals surface area contributed by atoms with Crippen molar-refractivity contribution < 1.29 is 17.9 Å². The van der Waals surface area contributed by atoms with Gasteiger partial charge in [0.2, 0.25) is 10.0 Å². The molecule has 1 aliphatic heterocycles. The van der Waals surface area contributed by atoms with Gasteiger partial charge < -0.3 is 19.7 Å². The number of hydrogen-bond acceptors (Lipinski definition) is 8. The van der Waals surface area contributed by atoms with E-state index in [2.05, 4.69) is 20.2 Å². The van der Waals surface area contributed by atoms with Crippen LogP contribution in [0.4, 0.5) is 17.3 Å². The summed E-state index contributed by atoms with van der Waals surface area (Å²) in [5.74, 6) is 2.98. The van der Waals surface area contributed by atoms with Crippen LogP contribution in [0.25, 0.3) is 0 Å². The van der Waals surface area contributed by atoms with Crippen LogP contribution in [0.3, 0.4) is 0 Å². The lowest BCUT2D eigenvalue weighted by Gasteiger charge is -2.34. The van der Waals surface area contributed by atoms with E-state index in [9.17, 15) is 8.42 Å². The zero-order chi connectivity index (χ0) is 24.3. The zero-order valence-electron chi connectivity index (χ0n) is 19.8. The van der Waals surface area contributed by atoms with Gasteiger partial charge in [0, 0.05) is 44.0 Å². The number of aryl methyl sites for hydroxylation is 2. The highest BCUT2D eigenvalue weighted by Crippen LogP contribution is 2.31. The van der Waals surface area contributed by atoms with Crippen molar-refractivity contribution in [2.45, 2.75) is 18.7 Å². The van der Waals surface area contributed by atoms with Crippen molar-refractivity contribution in [1.29, 1.82) is 0 Å².